The first-order valence-electron chi connectivity index (χ1n) is 6.66. The molecule has 0 saturated heterocycles. The van der Waals surface area contributed by atoms with Gasteiger partial charge in [0.1, 0.15) is 0 Å². The third-order valence-corrected chi connectivity index (χ3v) is 4.99. The summed E-state index contributed by atoms with van der Waals surface area (Å²) in [4.78, 5) is 0. The molecule has 0 atom stereocenters. The number of rotatable bonds is 5. The van der Waals surface area contributed by atoms with Gasteiger partial charge in [-0.25, -0.2) is 13.1 Å². The first-order valence-corrected chi connectivity index (χ1v) is 8.31. The van der Waals surface area contributed by atoms with Gasteiger partial charge in [0.25, 0.3) is 0 Å². The van der Waals surface area contributed by atoms with Gasteiger partial charge in [0.15, 0.2) is 0 Å². The standard InChI is InChI=1S/C13H27NO3S/c1-12(2)8-11(9-13(3,4)10-12)14-18(16,17)7-5-6-15/h11,14-15H,5-10H2,1-4H3. The van der Waals surface area contributed by atoms with Gasteiger partial charge in [0, 0.05) is 12.6 Å². The fourth-order valence-corrected chi connectivity index (χ4v) is 4.80. The topological polar surface area (TPSA) is 66.4 Å². The highest BCUT2D eigenvalue weighted by atomic mass is 32.2. The van der Waals surface area contributed by atoms with Crippen molar-refractivity contribution in [2.24, 2.45) is 10.8 Å². The van der Waals surface area contributed by atoms with Gasteiger partial charge in [0.2, 0.25) is 10.0 Å². The van der Waals surface area contributed by atoms with Crippen molar-refractivity contribution in [2.75, 3.05) is 12.4 Å². The van der Waals surface area contributed by atoms with Crippen molar-refractivity contribution in [3.05, 3.63) is 0 Å². The van der Waals surface area contributed by atoms with Gasteiger partial charge in [-0.1, -0.05) is 27.7 Å². The van der Waals surface area contributed by atoms with Crippen LogP contribution >= 0.6 is 0 Å². The maximum atomic E-state index is 11.9. The Morgan fingerprint density at radius 2 is 1.67 bits per heavy atom. The fourth-order valence-electron chi connectivity index (χ4n) is 3.50. The Labute approximate surface area is 111 Å². The summed E-state index contributed by atoms with van der Waals surface area (Å²) in [7, 11) is -3.25. The molecule has 0 spiro atoms. The summed E-state index contributed by atoms with van der Waals surface area (Å²) < 4.78 is 26.5. The number of hydrogen-bond acceptors (Lipinski definition) is 3. The molecule has 2 N–H and O–H groups in total. The maximum absolute atomic E-state index is 11.9. The molecule has 1 fully saturated rings. The highest BCUT2D eigenvalue weighted by Crippen LogP contribution is 2.45. The average Bonchev–Trinajstić information content (AvgIpc) is 2.08. The van der Waals surface area contributed by atoms with Gasteiger partial charge in [-0.2, -0.15) is 0 Å². The monoisotopic (exact) mass is 277 g/mol. The van der Waals surface area contributed by atoms with Crippen molar-refractivity contribution < 1.29 is 13.5 Å². The lowest BCUT2D eigenvalue weighted by atomic mass is 9.64. The van der Waals surface area contributed by atoms with E-state index in [1.807, 2.05) is 0 Å². The normalized spacial score (nSPS) is 24.1. The first-order chi connectivity index (χ1) is 8.05. The van der Waals surface area contributed by atoms with Gasteiger partial charge >= 0.3 is 0 Å². The average molecular weight is 277 g/mol. The van der Waals surface area contributed by atoms with Crippen LogP contribution in [0.4, 0.5) is 0 Å². The molecular weight excluding hydrogens is 250 g/mol. The van der Waals surface area contributed by atoms with Crippen molar-refractivity contribution in [1.82, 2.24) is 4.72 Å². The largest absolute Gasteiger partial charge is 0.396 e. The summed E-state index contributed by atoms with van der Waals surface area (Å²) in [6.45, 7) is 8.71. The molecule has 4 nitrogen and oxygen atoms in total. The molecule has 1 aliphatic carbocycles. The lowest BCUT2D eigenvalue weighted by molar-refractivity contribution is 0.0934. The van der Waals surface area contributed by atoms with Crippen LogP contribution in [0.5, 0.6) is 0 Å². The van der Waals surface area contributed by atoms with E-state index < -0.39 is 10.0 Å². The van der Waals surface area contributed by atoms with Gasteiger partial charge in [-0.05, 0) is 36.5 Å². The minimum Gasteiger partial charge on any atom is -0.396 e. The summed E-state index contributed by atoms with van der Waals surface area (Å²) in [5, 5.41) is 8.71. The van der Waals surface area contributed by atoms with E-state index in [0.29, 0.717) is 6.42 Å². The lowest BCUT2D eigenvalue weighted by Crippen LogP contribution is -2.46. The number of aliphatic hydroxyl groups excluding tert-OH is 1. The van der Waals surface area contributed by atoms with Gasteiger partial charge in [-0.3, -0.25) is 0 Å². The quantitative estimate of drug-likeness (QED) is 0.806. The number of sulfonamides is 1. The van der Waals surface area contributed by atoms with Crippen LogP contribution in [0.3, 0.4) is 0 Å². The van der Waals surface area contributed by atoms with Crippen LogP contribution in [0, 0.1) is 10.8 Å². The van der Waals surface area contributed by atoms with Gasteiger partial charge < -0.3 is 5.11 Å². The Balaban J connectivity index is 2.67. The third-order valence-electron chi connectivity index (χ3n) is 3.47. The highest BCUT2D eigenvalue weighted by molar-refractivity contribution is 7.89. The van der Waals surface area contributed by atoms with E-state index in [2.05, 4.69) is 32.4 Å². The molecule has 0 aromatic heterocycles. The highest BCUT2D eigenvalue weighted by Gasteiger charge is 2.39. The molecule has 1 aliphatic rings. The van der Waals surface area contributed by atoms with Crippen LogP contribution in [-0.2, 0) is 10.0 Å². The fraction of sp³-hybridized carbons (Fsp3) is 1.00. The molecule has 0 aliphatic heterocycles. The summed E-state index contributed by atoms with van der Waals surface area (Å²) >= 11 is 0. The van der Waals surface area contributed by atoms with E-state index >= 15 is 0 Å². The molecule has 108 valence electrons. The number of aliphatic hydroxyl groups is 1. The Morgan fingerprint density at radius 3 is 2.11 bits per heavy atom. The first kappa shape index (κ1) is 15.9. The number of hydrogen-bond donors (Lipinski definition) is 2. The zero-order chi connectivity index (χ0) is 14.0. The van der Waals surface area contributed by atoms with Crippen molar-refractivity contribution in [3.63, 3.8) is 0 Å². The van der Waals surface area contributed by atoms with Crippen LogP contribution in [0.15, 0.2) is 0 Å². The second-order valence-corrected chi connectivity index (χ2v) is 9.00. The summed E-state index contributed by atoms with van der Waals surface area (Å²) in [5.74, 6) is 0.0147. The molecule has 5 heteroatoms. The Kier molecular flexibility index (Phi) is 4.84. The summed E-state index contributed by atoms with van der Waals surface area (Å²) in [6, 6.07) is 0.0208. The van der Waals surface area contributed by atoms with Crippen LogP contribution in [0.1, 0.15) is 53.4 Å². The molecular formula is C13H27NO3S. The molecule has 1 saturated carbocycles. The van der Waals surface area contributed by atoms with E-state index in [0.717, 1.165) is 19.3 Å². The zero-order valence-electron chi connectivity index (χ0n) is 12.0. The molecule has 1 rings (SSSR count). The van der Waals surface area contributed by atoms with Crippen molar-refractivity contribution in [2.45, 2.75) is 59.4 Å². The smallest absolute Gasteiger partial charge is 0.211 e. The van der Waals surface area contributed by atoms with Crippen LogP contribution in [-0.4, -0.2) is 31.9 Å². The van der Waals surface area contributed by atoms with Crippen molar-refractivity contribution in [3.8, 4) is 0 Å². The molecule has 0 aromatic carbocycles. The Hall–Kier alpha value is -0.130. The lowest BCUT2D eigenvalue weighted by Gasteiger charge is -2.45. The van der Waals surface area contributed by atoms with E-state index in [9.17, 15) is 8.42 Å². The van der Waals surface area contributed by atoms with Crippen molar-refractivity contribution in [1.29, 1.82) is 0 Å². The van der Waals surface area contributed by atoms with E-state index in [-0.39, 0.29) is 29.2 Å². The van der Waals surface area contributed by atoms with Crippen LogP contribution < -0.4 is 4.72 Å². The molecule has 0 aromatic rings. The second kappa shape index (κ2) is 5.47. The second-order valence-electron chi connectivity index (χ2n) is 7.12. The van der Waals surface area contributed by atoms with Gasteiger partial charge in [-0.15, -0.1) is 0 Å². The predicted octanol–water partition coefficient (Wildman–Crippen LogP) is 1.89. The van der Waals surface area contributed by atoms with Crippen LogP contribution in [0.2, 0.25) is 0 Å². The summed E-state index contributed by atoms with van der Waals surface area (Å²) in [6.07, 6.45) is 3.19. The molecule has 0 bridgehead atoms. The maximum Gasteiger partial charge on any atom is 0.211 e. The molecule has 0 radical (unpaired) electrons. The van der Waals surface area contributed by atoms with Crippen molar-refractivity contribution >= 4 is 10.0 Å². The van der Waals surface area contributed by atoms with E-state index in [1.165, 1.54) is 0 Å². The summed E-state index contributed by atoms with van der Waals surface area (Å²) in [5.41, 5.74) is 0.345. The molecule has 0 heterocycles. The van der Waals surface area contributed by atoms with Crippen LogP contribution in [0.25, 0.3) is 0 Å². The zero-order valence-corrected chi connectivity index (χ0v) is 12.8. The minimum absolute atomic E-state index is 0.0147. The Morgan fingerprint density at radius 1 is 1.17 bits per heavy atom. The predicted molar refractivity (Wildman–Crippen MR) is 73.8 cm³/mol. The molecule has 0 unspecified atom stereocenters. The Bertz CT molecular complexity index is 358. The van der Waals surface area contributed by atoms with E-state index in [1.54, 1.807) is 0 Å². The molecule has 18 heavy (non-hydrogen) atoms. The third kappa shape index (κ3) is 5.24. The van der Waals surface area contributed by atoms with Gasteiger partial charge in [0.05, 0.1) is 5.75 Å². The SMILES string of the molecule is CC1(C)CC(NS(=O)(=O)CCCO)CC(C)(C)C1. The minimum atomic E-state index is -3.25. The van der Waals surface area contributed by atoms with E-state index in [4.69, 9.17) is 5.11 Å². The molecule has 0 amide bonds. The number of nitrogens with one attached hydrogen (secondary N) is 1.